The molecule has 0 radical (unpaired) electrons. The first-order chi connectivity index (χ1) is 8.93. The number of benzene rings is 1. The van der Waals surface area contributed by atoms with Crippen LogP contribution in [-0.2, 0) is 10.2 Å². The standard InChI is InChI=1S/C15H17FN2O/c1-15(2,14(19)18-13-4-3-5-13)11-6-10(9-17)7-12(16)8-11/h6-8,13H,3-5H2,1-2H3,(H,18,19). The lowest BCUT2D eigenvalue weighted by Gasteiger charge is -2.32. The Labute approximate surface area is 112 Å². The quantitative estimate of drug-likeness (QED) is 0.908. The van der Waals surface area contributed by atoms with Gasteiger partial charge in [0, 0.05) is 6.04 Å². The summed E-state index contributed by atoms with van der Waals surface area (Å²) in [6, 6.07) is 6.22. The third-order valence-corrected chi connectivity index (χ3v) is 3.76. The number of carbonyl (C=O) groups is 1. The number of rotatable bonds is 3. The summed E-state index contributed by atoms with van der Waals surface area (Å²) in [4.78, 5) is 12.3. The third kappa shape index (κ3) is 2.76. The van der Waals surface area contributed by atoms with E-state index in [9.17, 15) is 9.18 Å². The number of amides is 1. The van der Waals surface area contributed by atoms with Crippen LogP contribution >= 0.6 is 0 Å². The van der Waals surface area contributed by atoms with E-state index >= 15 is 0 Å². The summed E-state index contributed by atoms with van der Waals surface area (Å²) in [6.07, 6.45) is 3.16. The average molecular weight is 260 g/mol. The van der Waals surface area contributed by atoms with Crippen molar-refractivity contribution in [1.29, 1.82) is 5.26 Å². The van der Waals surface area contributed by atoms with E-state index in [1.54, 1.807) is 19.9 Å². The molecule has 0 spiro atoms. The van der Waals surface area contributed by atoms with Gasteiger partial charge in [0.1, 0.15) is 5.82 Å². The van der Waals surface area contributed by atoms with Gasteiger partial charge in [-0.25, -0.2) is 4.39 Å². The summed E-state index contributed by atoms with van der Waals surface area (Å²) in [5, 5.41) is 11.8. The molecule has 1 aromatic carbocycles. The molecule has 0 atom stereocenters. The Hall–Kier alpha value is -1.89. The largest absolute Gasteiger partial charge is 0.353 e. The van der Waals surface area contributed by atoms with Crippen LogP contribution in [0.4, 0.5) is 4.39 Å². The molecule has 0 aromatic heterocycles. The van der Waals surface area contributed by atoms with Gasteiger partial charge in [-0.1, -0.05) is 0 Å². The van der Waals surface area contributed by atoms with E-state index in [1.807, 2.05) is 6.07 Å². The van der Waals surface area contributed by atoms with E-state index in [4.69, 9.17) is 5.26 Å². The zero-order valence-electron chi connectivity index (χ0n) is 11.2. The van der Waals surface area contributed by atoms with Crippen LogP contribution < -0.4 is 5.32 Å². The van der Waals surface area contributed by atoms with Crippen molar-refractivity contribution in [2.75, 3.05) is 0 Å². The Kier molecular flexibility index (Phi) is 3.57. The molecule has 1 aliphatic rings. The fraction of sp³-hybridized carbons (Fsp3) is 0.467. The fourth-order valence-electron chi connectivity index (χ4n) is 2.06. The molecule has 0 saturated heterocycles. The smallest absolute Gasteiger partial charge is 0.230 e. The highest BCUT2D eigenvalue weighted by molar-refractivity contribution is 5.87. The molecule has 4 heteroatoms. The molecule has 3 nitrogen and oxygen atoms in total. The fourth-order valence-corrected chi connectivity index (χ4v) is 2.06. The lowest BCUT2D eigenvalue weighted by atomic mass is 9.81. The first kappa shape index (κ1) is 13.5. The maximum atomic E-state index is 13.5. The van der Waals surface area contributed by atoms with Crippen molar-refractivity contribution >= 4 is 5.91 Å². The number of nitriles is 1. The lowest BCUT2D eigenvalue weighted by molar-refractivity contribution is -0.126. The normalized spacial score (nSPS) is 15.5. The Morgan fingerprint density at radius 3 is 2.63 bits per heavy atom. The minimum absolute atomic E-state index is 0.119. The topological polar surface area (TPSA) is 52.9 Å². The van der Waals surface area contributed by atoms with Gasteiger partial charge in [-0.3, -0.25) is 4.79 Å². The molecule has 1 aliphatic carbocycles. The average Bonchev–Trinajstić information content (AvgIpc) is 2.32. The van der Waals surface area contributed by atoms with Crippen molar-refractivity contribution in [2.45, 2.75) is 44.6 Å². The van der Waals surface area contributed by atoms with Crippen LogP contribution in [0.5, 0.6) is 0 Å². The monoisotopic (exact) mass is 260 g/mol. The second-order valence-corrected chi connectivity index (χ2v) is 5.57. The van der Waals surface area contributed by atoms with Crippen LogP contribution in [-0.4, -0.2) is 11.9 Å². The molecule has 0 aliphatic heterocycles. The van der Waals surface area contributed by atoms with Gasteiger partial charge in [0.15, 0.2) is 0 Å². The predicted octanol–water partition coefficient (Wildman–Crippen LogP) is 2.64. The van der Waals surface area contributed by atoms with Crippen LogP contribution in [0.2, 0.25) is 0 Å². The van der Waals surface area contributed by atoms with Gasteiger partial charge < -0.3 is 5.32 Å². The summed E-state index contributed by atoms with van der Waals surface area (Å²) in [7, 11) is 0. The van der Waals surface area contributed by atoms with E-state index in [-0.39, 0.29) is 17.5 Å². The summed E-state index contributed by atoms with van der Waals surface area (Å²) in [5.41, 5.74) is -0.0797. The highest BCUT2D eigenvalue weighted by atomic mass is 19.1. The van der Waals surface area contributed by atoms with Crippen LogP contribution in [0.3, 0.4) is 0 Å². The van der Waals surface area contributed by atoms with Crippen LogP contribution in [0.25, 0.3) is 0 Å². The van der Waals surface area contributed by atoms with Crippen LogP contribution in [0.15, 0.2) is 18.2 Å². The SMILES string of the molecule is CC(C)(C(=O)NC1CCC1)c1cc(F)cc(C#N)c1. The molecule has 0 bridgehead atoms. The van der Waals surface area contributed by atoms with Gasteiger partial charge >= 0.3 is 0 Å². The molecule has 100 valence electrons. The van der Waals surface area contributed by atoms with E-state index < -0.39 is 11.2 Å². The highest BCUT2D eigenvalue weighted by Gasteiger charge is 2.33. The van der Waals surface area contributed by atoms with Gasteiger partial charge in [-0.15, -0.1) is 0 Å². The number of hydrogen-bond donors (Lipinski definition) is 1. The van der Waals surface area contributed by atoms with E-state index in [0.717, 1.165) is 19.3 Å². The number of hydrogen-bond acceptors (Lipinski definition) is 2. The van der Waals surface area contributed by atoms with Gasteiger partial charge in [0.2, 0.25) is 5.91 Å². The zero-order chi connectivity index (χ0) is 14.0. The number of carbonyl (C=O) groups excluding carboxylic acids is 1. The van der Waals surface area contributed by atoms with Gasteiger partial charge in [-0.2, -0.15) is 5.26 Å². The summed E-state index contributed by atoms with van der Waals surface area (Å²) in [6.45, 7) is 3.49. The zero-order valence-corrected chi connectivity index (χ0v) is 11.2. The summed E-state index contributed by atoms with van der Waals surface area (Å²) in [5.74, 6) is -0.606. The molecule has 1 N–H and O–H groups in total. The number of nitrogens with zero attached hydrogens (tertiary/aromatic N) is 1. The van der Waals surface area contributed by atoms with E-state index in [0.29, 0.717) is 5.56 Å². The van der Waals surface area contributed by atoms with E-state index in [1.165, 1.54) is 12.1 Å². The maximum absolute atomic E-state index is 13.5. The Balaban J connectivity index is 2.24. The minimum Gasteiger partial charge on any atom is -0.353 e. The second kappa shape index (κ2) is 5.00. The van der Waals surface area contributed by atoms with Crippen molar-refractivity contribution in [3.05, 3.63) is 35.1 Å². The molecule has 0 unspecified atom stereocenters. The molecule has 0 heterocycles. The molecule has 1 amide bonds. The Bertz CT molecular complexity index is 542. The van der Waals surface area contributed by atoms with E-state index in [2.05, 4.69) is 5.32 Å². The van der Waals surface area contributed by atoms with Crippen molar-refractivity contribution in [2.24, 2.45) is 0 Å². The number of nitrogens with one attached hydrogen (secondary N) is 1. The Morgan fingerprint density at radius 1 is 1.42 bits per heavy atom. The summed E-state index contributed by atoms with van der Waals surface area (Å²) < 4.78 is 13.5. The highest BCUT2D eigenvalue weighted by Crippen LogP contribution is 2.27. The molecular weight excluding hydrogens is 243 g/mol. The van der Waals surface area contributed by atoms with Gasteiger partial charge in [0.25, 0.3) is 0 Å². The molecule has 1 saturated carbocycles. The van der Waals surface area contributed by atoms with Crippen LogP contribution in [0.1, 0.15) is 44.2 Å². The maximum Gasteiger partial charge on any atom is 0.230 e. The predicted molar refractivity (Wildman–Crippen MR) is 69.9 cm³/mol. The Morgan fingerprint density at radius 2 is 2.11 bits per heavy atom. The van der Waals surface area contributed by atoms with Gasteiger partial charge in [0.05, 0.1) is 17.0 Å². The third-order valence-electron chi connectivity index (χ3n) is 3.76. The van der Waals surface area contributed by atoms with Crippen molar-refractivity contribution in [3.63, 3.8) is 0 Å². The van der Waals surface area contributed by atoms with Crippen molar-refractivity contribution in [3.8, 4) is 6.07 Å². The molecule has 2 rings (SSSR count). The lowest BCUT2D eigenvalue weighted by Crippen LogP contribution is -2.47. The van der Waals surface area contributed by atoms with Crippen molar-refractivity contribution < 1.29 is 9.18 Å². The minimum atomic E-state index is -0.844. The number of halogens is 1. The first-order valence-electron chi connectivity index (χ1n) is 6.45. The molecule has 1 aromatic rings. The van der Waals surface area contributed by atoms with Crippen molar-refractivity contribution in [1.82, 2.24) is 5.32 Å². The molecule has 1 fully saturated rings. The second-order valence-electron chi connectivity index (χ2n) is 5.57. The van der Waals surface area contributed by atoms with Gasteiger partial charge in [-0.05, 0) is 56.9 Å². The molecular formula is C15H17FN2O. The van der Waals surface area contributed by atoms with Crippen LogP contribution in [0, 0.1) is 17.1 Å². The summed E-state index contributed by atoms with van der Waals surface area (Å²) >= 11 is 0. The molecule has 19 heavy (non-hydrogen) atoms. The first-order valence-corrected chi connectivity index (χ1v) is 6.45.